The lowest BCUT2D eigenvalue weighted by atomic mass is 9.81. The monoisotopic (exact) mass is 197 g/mol. The Morgan fingerprint density at radius 1 is 1.64 bits per heavy atom. The topological polar surface area (TPSA) is 62.7 Å². The standard InChI is InChI=1S/C9H15N3O2/c1-6-5-14-4-3-9(6)7(13)11-8(10-2)12-9/h6H,3-5H2,1-2H3,(H2,10,11,12,13). The maximum absolute atomic E-state index is 11.8. The first-order valence-corrected chi connectivity index (χ1v) is 4.83. The predicted molar refractivity (Wildman–Crippen MR) is 52.0 cm³/mol. The molecule has 0 aromatic heterocycles. The van der Waals surface area contributed by atoms with Crippen LogP contribution in [0.1, 0.15) is 13.3 Å². The van der Waals surface area contributed by atoms with Crippen LogP contribution in [0.25, 0.3) is 0 Å². The molecule has 0 aliphatic carbocycles. The van der Waals surface area contributed by atoms with Gasteiger partial charge >= 0.3 is 0 Å². The maximum atomic E-state index is 11.8. The number of guanidine groups is 1. The van der Waals surface area contributed by atoms with Gasteiger partial charge in [0, 0.05) is 26.0 Å². The fraction of sp³-hybridized carbons (Fsp3) is 0.778. The van der Waals surface area contributed by atoms with Crippen LogP contribution in [0.5, 0.6) is 0 Å². The van der Waals surface area contributed by atoms with E-state index in [1.807, 2.05) is 6.92 Å². The van der Waals surface area contributed by atoms with Gasteiger partial charge in [0.15, 0.2) is 5.96 Å². The highest BCUT2D eigenvalue weighted by molar-refractivity contribution is 6.09. The minimum atomic E-state index is -0.493. The van der Waals surface area contributed by atoms with Gasteiger partial charge in [0.2, 0.25) is 0 Å². The average Bonchev–Trinajstić information content (AvgIpc) is 2.50. The quantitative estimate of drug-likeness (QED) is 0.549. The first kappa shape index (κ1) is 9.45. The van der Waals surface area contributed by atoms with Crippen molar-refractivity contribution in [1.29, 1.82) is 0 Å². The highest BCUT2D eigenvalue weighted by atomic mass is 16.5. The van der Waals surface area contributed by atoms with Gasteiger partial charge in [-0.25, -0.2) is 0 Å². The van der Waals surface area contributed by atoms with E-state index in [1.54, 1.807) is 7.05 Å². The van der Waals surface area contributed by atoms with E-state index < -0.39 is 5.54 Å². The molecule has 0 radical (unpaired) electrons. The molecule has 0 aromatic carbocycles. The summed E-state index contributed by atoms with van der Waals surface area (Å²) in [5, 5.41) is 5.90. The summed E-state index contributed by atoms with van der Waals surface area (Å²) in [6, 6.07) is 0. The van der Waals surface area contributed by atoms with Crippen molar-refractivity contribution in [2.75, 3.05) is 20.3 Å². The van der Waals surface area contributed by atoms with Gasteiger partial charge in [-0.15, -0.1) is 0 Å². The molecular weight excluding hydrogens is 182 g/mol. The van der Waals surface area contributed by atoms with E-state index in [2.05, 4.69) is 15.6 Å². The lowest BCUT2D eigenvalue weighted by Gasteiger charge is -2.36. The second-order valence-electron chi connectivity index (χ2n) is 3.85. The van der Waals surface area contributed by atoms with Crippen LogP contribution >= 0.6 is 0 Å². The third kappa shape index (κ3) is 1.19. The molecular formula is C9H15N3O2. The molecule has 0 saturated carbocycles. The van der Waals surface area contributed by atoms with Crippen molar-refractivity contribution >= 4 is 11.9 Å². The van der Waals surface area contributed by atoms with Crippen LogP contribution in [0.2, 0.25) is 0 Å². The number of rotatable bonds is 0. The molecule has 14 heavy (non-hydrogen) atoms. The van der Waals surface area contributed by atoms with Crippen LogP contribution < -0.4 is 10.6 Å². The maximum Gasteiger partial charge on any atom is 0.252 e. The van der Waals surface area contributed by atoms with Crippen LogP contribution in [0, 0.1) is 5.92 Å². The normalized spacial score (nSPS) is 40.0. The van der Waals surface area contributed by atoms with E-state index in [0.717, 1.165) is 0 Å². The zero-order valence-electron chi connectivity index (χ0n) is 8.46. The van der Waals surface area contributed by atoms with E-state index in [9.17, 15) is 4.79 Å². The Morgan fingerprint density at radius 3 is 3.00 bits per heavy atom. The van der Waals surface area contributed by atoms with Crippen LogP contribution in [0.4, 0.5) is 0 Å². The lowest BCUT2D eigenvalue weighted by Crippen LogP contribution is -2.56. The van der Waals surface area contributed by atoms with Gasteiger partial charge in [0.1, 0.15) is 5.54 Å². The van der Waals surface area contributed by atoms with Crippen LogP contribution in [-0.2, 0) is 9.53 Å². The van der Waals surface area contributed by atoms with Crippen molar-refractivity contribution in [3.8, 4) is 0 Å². The van der Waals surface area contributed by atoms with Crippen molar-refractivity contribution in [3.05, 3.63) is 0 Å². The number of nitrogens with zero attached hydrogens (tertiary/aromatic N) is 1. The van der Waals surface area contributed by atoms with Gasteiger partial charge in [-0.05, 0) is 0 Å². The number of carbonyl (C=O) groups excluding carboxylic acids is 1. The molecule has 2 saturated heterocycles. The zero-order valence-corrected chi connectivity index (χ0v) is 8.46. The summed E-state index contributed by atoms with van der Waals surface area (Å²) < 4.78 is 5.33. The highest BCUT2D eigenvalue weighted by Gasteiger charge is 2.50. The first-order chi connectivity index (χ1) is 6.69. The molecule has 1 spiro atoms. The van der Waals surface area contributed by atoms with Gasteiger partial charge in [-0.2, -0.15) is 0 Å². The SMILES string of the molecule is CN=C1NC(=O)C2(CCOCC2C)N1. The summed E-state index contributed by atoms with van der Waals surface area (Å²) in [6.45, 7) is 3.27. The lowest BCUT2D eigenvalue weighted by molar-refractivity contribution is -0.130. The molecule has 1 amide bonds. The van der Waals surface area contributed by atoms with Crippen molar-refractivity contribution in [1.82, 2.24) is 10.6 Å². The summed E-state index contributed by atoms with van der Waals surface area (Å²) in [5.74, 6) is 0.771. The molecule has 2 aliphatic rings. The zero-order chi connectivity index (χ0) is 10.2. The van der Waals surface area contributed by atoms with Gasteiger partial charge in [-0.3, -0.25) is 15.1 Å². The molecule has 0 bridgehead atoms. The number of carbonyl (C=O) groups is 1. The fourth-order valence-corrected chi connectivity index (χ4v) is 2.04. The van der Waals surface area contributed by atoms with Crippen molar-refractivity contribution in [2.24, 2.45) is 10.9 Å². The summed E-state index contributed by atoms with van der Waals surface area (Å²) >= 11 is 0. The van der Waals surface area contributed by atoms with Gasteiger partial charge in [-0.1, -0.05) is 6.92 Å². The molecule has 2 heterocycles. The number of amides is 1. The molecule has 2 atom stereocenters. The molecule has 78 valence electrons. The van der Waals surface area contributed by atoms with Gasteiger partial charge < -0.3 is 10.1 Å². The molecule has 2 aliphatic heterocycles. The van der Waals surface area contributed by atoms with Crippen molar-refractivity contribution in [3.63, 3.8) is 0 Å². The average molecular weight is 197 g/mol. The Labute approximate surface area is 82.9 Å². The fourth-order valence-electron chi connectivity index (χ4n) is 2.04. The van der Waals surface area contributed by atoms with Crippen molar-refractivity contribution in [2.45, 2.75) is 18.9 Å². The van der Waals surface area contributed by atoms with Crippen LogP contribution in [0.3, 0.4) is 0 Å². The summed E-state index contributed by atoms with van der Waals surface area (Å²) in [7, 11) is 1.66. The molecule has 0 aromatic rings. The van der Waals surface area contributed by atoms with Gasteiger partial charge in [0.05, 0.1) is 6.61 Å². The Kier molecular flexibility index (Phi) is 2.19. The highest BCUT2D eigenvalue weighted by Crippen LogP contribution is 2.29. The largest absolute Gasteiger partial charge is 0.381 e. The molecule has 2 rings (SSSR count). The summed E-state index contributed by atoms with van der Waals surface area (Å²) in [4.78, 5) is 15.8. The smallest absolute Gasteiger partial charge is 0.252 e. The first-order valence-electron chi connectivity index (χ1n) is 4.83. The molecule has 2 N–H and O–H groups in total. The number of aliphatic imine (C=N–C) groups is 1. The Balaban J connectivity index is 2.26. The van der Waals surface area contributed by atoms with E-state index in [4.69, 9.17) is 4.74 Å². The molecule has 2 fully saturated rings. The van der Waals surface area contributed by atoms with Crippen LogP contribution in [-0.4, -0.2) is 37.7 Å². The van der Waals surface area contributed by atoms with E-state index in [1.165, 1.54) is 0 Å². The Bertz CT molecular complexity index is 290. The van der Waals surface area contributed by atoms with Gasteiger partial charge in [0.25, 0.3) is 5.91 Å². The van der Waals surface area contributed by atoms with E-state index in [0.29, 0.717) is 25.6 Å². The third-order valence-electron chi connectivity index (χ3n) is 3.05. The molecule has 5 heteroatoms. The Hall–Kier alpha value is -1.10. The minimum absolute atomic E-state index is 0.0221. The van der Waals surface area contributed by atoms with Crippen LogP contribution in [0.15, 0.2) is 4.99 Å². The van der Waals surface area contributed by atoms with E-state index in [-0.39, 0.29) is 11.8 Å². The second kappa shape index (κ2) is 3.24. The summed E-state index contributed by atoms with van der Waals surface area (Å²) in [5.41, 5.74) is -0.493. The molecule has 5 nitrogen and oxygen atoms in total. The number of hydrogen-bond donors (Lipinski definition) is 2. The summed E-state index contributed by atoms with van der Waals surface area (Å²) in [6.07, 6.45) is 0.707. The number of nitrogens with one attached hydrogen (secondary N) is 2. The predicted octanol–water partition coefficient (Wildman–Crippen LogP) is -0.513. The van der Waals surface area contributed by atoms with E-state index >= 15 is 0 Å². The molecule has 2 unspecified atom stereocenters. The minimum Gasteiger partial charge on any atom is -0.381 e. The second-order valence-corrected chi connectivity index (χ2v) is 3.85. The Morgan fingerprint density at radius 2 is 2.43 bits per heavy atom. The number of hydrogen-bond acceptors (Lipinski definition) is 3. The third-order valence-corrected chi connectivity index (χ3v) is 3.05. The number of ether oxygens (including phenoxy) is 1. The van der Waals surface area contributed by atoms with Crippen molar-refractivity contribution < 1.29 is 9.53 Å².